The molecular formula is C16H20BrNOS. The molecule has 0 bridgehead atoms. The van der Waals surface area contributed by atoms with E-state index >= 15 is 0 Å². The van der Waals surface area contributed by atoms with Crippen LogP contribution >= 0.6 is 27.3 Å². The van der Waals surface area contributed by atoms with Crippen LogP contribution in [0.5, 0.6) is 5.75 Å². The lowest BCUT2D eigenvalue weighted by molar-refractivity contribution is 0.303. The van der Waals surface area contributed by atoms with Gasteiger partial charge in [-0.2, -0.15) is 0 Å². The van der Waals surface area contributed by atoms with Crippen molar-refractivity contribution in [3.05, 3.63) is 51.1 Å². The molecule has 0 aliphatic rings. The Hall–Kier alpha value is -0.840. The Morgan fingerprint density at radius 3 is 2.70 bits per heavy atom. The number of halogens is 1. The van der Waals surface area contributed by atoms with Gasteiger partial charge in [-0.1, -0.05) is 35.3 Å². The van der Waals surface area contributed by atoms with Crippen LogP contribution in [-0.2, 0) is 0 Å². The molecule has 0 saturated carbocycles. The third kappa shape index (κ3) is 4.93. The molecule has 1 atom stereocenters. The van der Waals surface area contributed by atoms with E-state index in [4.69, 9.17) is 4.74 Å². The van der Waals surface area contributed by atoms with Crippen LogP contribution in [0.1, 0.15) is 30.7 Å². The molecule has 4 heteroatoms. The minimum absolute atomic E-state index is 0.452. The van der Waals surface area contributed by atoms with Crippen LogP contribution in [0.4, 0.5) is 0 Å². The molecule has 0 aliphatic heterocycles. The summed E-state index contributed by atoms with van der Waals surface area (Å²) in [5.74, 6) is 0.915. The first kappa shape index (κ1) is 15.5. The quantitative estimate of drug-likeness (QED) is 0.672. The van der Waals surface area contributed by atoms with Crippen LogP contribution in [0.15, 0.2) is 46.3 Å². The number of benzene rings is 1. The normalized spacial score (nSPS) is 12.3. The lowest BCUT2D eigenvalue weighted by Crippen LogP contribution is -2.25. The van der Waals surface area contributed by atoms with Gasteiger partial charge in [0.1, 0.15) is 12.4 Å². The fraction of sp³-hybridized carbons (Fsp3) is 0.375. The molecule has 0 saturated heterocycles. The van der Waals surface area contributed by atoms with E-state index in [1.807, 2.05) is 35.6 Å². The number of ether oxygens (including phenoxy) is 1. The maximum absolute atomic E-state index is 5.73. The molecular weight excluding hydrogens is 334 g/mol. The van der Waals surface area contributed by atoms with Crippen LogP contribution in [0.3, 0.4) is 0 Å². The van der Waals surface area contributed by atoms with Gasteiger partial charge in [0, 0.05) is 21.9 Å². The van der Waals surface area contributed by atoms with E-state index in [1.165, 1.54) is 17.7 Å². The fourth-order valence-corrected chi connectivity index (χ4v) is 3.16. The van der Waals surface area contributed by atoms with Crippen molar-refractivity contribution in [2.75, 3.05) is 13.2 Å². The molecule has 2 rings (SSSR count). The van der Waals surface area contributed by atoms with Gasteiger partial charge in [-0.25, -0.2) is 0 Å². The Labute approximate surface area is 133 Å². The highest BCUT2D eigenvalue weighted by Crippen LogP contribution is 2.23. The summed E-state index contributed by atoms with van der Waals surface area (Å²) in [6.45, 7) is 3.77. The summed E-state index contributed by atoms with van der Waals surface area (Å²) in [6, 6.07) is 12.7. The summed E-state index contributed by atoms with van der Waals surface area (Å²) in [5, 5.41) is 5.72. The average Bonchev–Trinajstić information content (AvgIpc) is 2.98. The van der Waals surface area contributed by atoms with Gasteiger partial charge in [0.2, 0.25) is 0 Å². The molecule has 0 aliphatic carbocycles. The van der Waals surface area contributed by atoms with Gasteiger partial charge in [-0.05, 0) is 42.1 Å². The largest absolute Gasteiger partial charge is 0.492 e. The van der Waals surface area contributed by atoms with E-state index in [1.54, 1.807) is 0 Å². The highest BCUT2D eigenvalue weighted by atomic mass is 79.9. The molecule has 2 nitrogen and oxygen atoms in total. The zero-order chi connectivity index (χ0) is 14.2. The van der Waals surface area contributed by atoms with Gasteiger partial charge < -0.3 is 10.1 Å². The first-order valence-corrected chi connectivity index (χ1v) is 8.62. The molecule has 108 valence electrons. The summed E-state index contributed by atoms with van der Waals surface area (Å²) in [6.07, 6.45) is 2.35. The predicted molar refractivity (Wildman–Crippen MR) is 89.6 cm³/mol. The van der Waals surface area contributed by atoms with Gasteiger partial charge >= 0.3 is 0 Å². The molecule has 1 heterocycles. The third-order valence-electron chi connectivity index (χ3n) is 3.04. The van der Waals surface area contributed by atoms with Crippen molar-refractivity contribution >= 4 is 27.3 Å². The molecule has 1 aromatic carbocycles. The van der Waals surface area contributed by atoms with E-state index < -0.39 is 0 Å². The Bertz CT molecular complexity index is 484. The molecule has 0 fully saturated rings. The van der Waals surface area contributed by atoms with Crippen LogP contribution in [0, 0.1) is 0 Å². The van der Waals surface area contributed by atoms with E-state index in [2.05, 4.69) is 45.7 Å². The summed E-state index contributed by atoms with van der Waals surface area (Å²) in [4.78, 5) is 1.41. The average molecular weight is 354 g/mol. The Balaban J connectivity index is 1.74. The number of hydrogen-bond acceptors (Lipinski definition) is 3. The lowest BCUT2D eigenvalue weighted by atomic mass is 10.1. The minimum Gasteiger partial charge on any atom is -0.492 e. The topological polar surface area (TPSA) is 21.3 Å². The number of thiophene rings is 1. The van der Waals surface area contributed by atoms with Crippen LogP contribution in [0.25, 0.3) is 0 Å². The van der Waals surface area contributed by atoms with Crippen molar-refractivity contribution in [1.29, 1.82) is 0 Å². The van der Waals surface area contributed by atoms with E-state index in [9.17, 15) is 0 Å². The fourth-order valence-electron chi connectivity index (χ4n) is 2.06. The highest BCUT2D eigenvalue weighted by molar-refractivity contribution is 9.10. The molecule has 1 N–H and O–H groups in total. The summed E-state index contributed by atoms with van der Waals surface area (Å²) >= 11 is 5.24. The molecule has 0 spiro atoms. The van der Waals surface area contributed by atoms with Gasteiger partial charge in [-0.15, -0.1) is 11.3 Å². The second kappa shape index (κ2) is 8.45. The van der Waals surface area contributed by atoms with Crippen LogP contribution in [-0.4, -0.2) is 13.2 Å². The Kier molecular flexibility index (Phi) is 6.57. The molecule has 1 unspecified atom stereocenters. The minimum atomic E-state index is 0.452. The predicted octanol–water partition coefficient (Wildman–Crippen LogP) is 5.02. The van der Waals surface area contributed by atoms with E-state index in [0.29, 0.717) is 12.6 Å². The van der Waals surface area contributed by atoms with E-state index in [-0.39, 0.29) is 0 Å². The summed E-state index contributed by atoms with van der Waals surface area (Å²) in [7, 11) is 0. The molecule has 20 heavy (non-hydrogen) atoms. The lowest BCUT2D eigenvalue weighted by Gasteiger charge is -2.17. The zero-order valence-corrected chi connectivity index (χ0v) is 14.0. The second-order valence-electron chi connectivity index (χ2n) is 4.61. The van der Waals surface area contributed by atoms with E-state index in [0.717, 1.165) is 16.8 Å². The first-order chi connectivity index (χ1) is 9.79. The molecule has 0 radical (unpaired) electrons. The zero-order valence-electron chi connectivity index (χ0n) is 11.6. The van der Waals surface area contributed by atoms with Gasteiger partial charge in [0.05, 0.1) is 0 Å². The summed E-state index contributed by atoms with van der Waals surface area (Å²) < 4.78 is 6.80. The first-order valence-electron chi connectivity index (χ1n) is 6.94. The van der Waals surface area contributed by atoms with Crippen molar-refractivity contribution in [2.45, 2.75) is 25.8 Å². The van der Waals surface area contributed by atoms with Crippen molar-refractivity contribution in [3.8, 4) is 5.75 Å². The van der Waals surface area contributed by atoms with Crippen molar-refractivity contribution < 1.29 is 4.74 Å². The third-order valence-corrected chi connectivity index (χ3v) is 4.55. The van der Waals surface area contributed by atoms with Crippen LogP contribution < -0.4 is 10.1 Å². The van der Waals surface area contributed by atoms with Crippen molar-refractivity contribution in [1.82, 2.24) is 5.32 Å². The molecule has 2 aromatic rings. The van der Waals surface area contributed by atoms with Gasteiger partial charge in [0.25, 0.3) is 0 Å². The van der Waals surface area contributed by atoms with Crippen molar-refractivity contribution in [3.63, 3.8) is 0 Å². The standard InChI is InChI=1S/C16H20BrNOS/c1-2-4-15(16-5-3-12-20-16)18-10-11-19-14-8-6-13(17)7-9-14/h3,5-9,12,15,18H,2,4,10-11H2,1H3. The monoisotopic (exact) mass is 353 g/mol. The Morgan fingerprint density at radius 1 is 1.25 bits per heavy atom. The number of nitrogens with one attached hydrogen (secondary N) is 1. The number of hydrogen-bond donors (Lipinski definition) is 1. The molecule has 0 amide bonds. The highest BCUT2D eigenvalue weighted by Gasteiger charge is 2.10. The number of rotatable bonds is 8. The molecule has 1 aromatic heterocycles. The van der Waals surface area contributed by atoms with Crippen LogP contribution in [0.2, 0.25) is 0 Å². The SMILES string of the molecule is CCCC(NCCOc1ccc(Br)cc1)c1cccs1. The van der Waals surface area contributed by atoms with Crippen molar-refractivity contribution in [2.24, 2.45) is 0 Å². The smallest absolute Gasteiger partial charge is 0.119 e. The second-order valence-corrected chi connectivity index (χ2v) is 6.51. The Morgan fingerprint density at radius 2 is 2.05 bits per heavy atom. The van der Waals surface area contributed by atoms with Gasteiger partial charge in [-0.3, -0.25) is 0 Å². The maximum Gasteiger partial charge on any atom is 0.119 e. The summed E-state index contributed by atoms with van der Waals surface area (Å²) in [5.41, 5.74) is 0. The maximum atomic E-state index is 5.73. The van der Waals surface area contributed by atoms with Gasteiger partial charge in [0.15, 0.2) is 0 Å².